The minimum atomic E-state index is -1.11. The number of esters is 3. The zero-order valence-electron chi connectivity index (χ0n) is 20.4. The van der Waals surface area contributed by atoms with Crippen molar-refractivity contribution in [1.82, 2.24) is 0 Å². The van der Waals surface area contributed by atoms with Crippen molar-refractivity contribution in [3.05, 3.63) is 62.7 Å². The van der Waals surface area contributed by atoms with Gasteiger partial charge in [0.1, 0.15) is 17.3 Å². The molecular formula is C26H29IO8S. The highest BCUT2D eigenvalue weighted by molar-refractivity contribution is 14.1. The molecule has 0 N–H and O–H groups in total. The SMILES string of the molecule is CCOc1ccc(Cc2cc([C@@H]3OC(S)[C@@H](OC(C)=O)[C@H](OC(C)=O)[C@H]3OC(C)=O)ccc2I)cc1. The molecule has 0 radical (unpaired) electrons. The Hall–Kier alpha value is -2.31. The number of hydrogen-bond donors (Lipinski definition) is 1. The number of benzene rings is 2. The standard InChI is InChI=1S/C26H29IO8S/c1-5-31-20-9-6-17(7-10-20)12-19-13-18(8-11-21(19)27)22-23(32-14(2)28)24(33-15(3)29)25(26(36)35-22)34-16(4)30/h6-11,13,22-26,36H,5,12H2,1-4H3/t22-,23-,24+,25-,26?/m0/s1. The fourth-order valence-electron chi connectivity index (χ4n) is 4.06. The Morgan fingerprint density at radius 3 is 2.06 bits per heavy atom. The van der Waals surface area contributed by atoms with Crippen LogP contribution in [0.1, 0.15) is 50.5 Å². The van der Waals surface area contributed by atoms with Crippen molar-refractivity contribution >= 4 is 53.1 Å². The molecule has 1 fully saturated rings. The topological polar surface area (TPSA) is 97.4 Å². The van der Waals surface area contributed by atoms with Crippen LogP contribution in [-0.4, -0.2) is 48.3 Å². The Bertz CT molecular complexity index is 1090. The lowest BCUT2D eigenvalue weighted by atomic mass is 9.92. The van der Waals surface area contributed by atoms with E-state index in [9.17, 15) is 14.4 Å². The molecule has 5 atom stereocenters. The maximum absolute atomic E-state index is 12.0. The molecule has 2 aromatic rings. The monoisotopic (exact) mass is 628 g/mol. The number of carbonyl (C=O) groups excluding carboxylic acids is 3. The van der Waals surface area contributed by atoms with E-state index in [0.717, 1.165) is 20.4 Å². The van der Waals surface area contributed by atoms with Crippen LogP contribution in [0, 0.1) is 3.57 Å². The lowest BCUT2D eigenvalue weighted by Gasteiger charge is -2.43. The molecule has 1 aliphatic heterocycles. The number of thiol groups is 1. The number of halogens is 1. The fraction of sp³-hybridized carbons (Fsp3) is 0.423. The van der Waals surface area contributed by atoms with Crippen molar-refractivity contribution < 1.29 is 38.1 Å². The molecule has 1 heterocycles. The van der Waals surface area contributed by atoms with Crippen LogP contribution in [-0.2, 0) is 39.8 Å². The zero-order chi connectivity index (χ0) is 26.4. The van der Waals surface area contributed by atoms with Crippen LogP contribution in [0.15, 0.2) is 42.5 Å². The molecule has 0 spiro atoms. The summed E-state index contributed by atoms with van der Waals surface area (Å²) in [4.78, 5) is 35.6. The summed E-state index contributed by atoms with van der Waals surface area (Å²) in [6.45, 7) is 6.25. The second-order valence-corrected chi connectivity index (χ2v) is 9.95. The van der Waals surface area contributed by atoms with E-state index in [4.69, 9.17) is 23.7 Å². The van der Waals surface area contributed by atoms with Crippen molar-refractivity contribution in [2.75, 3.05) is 6.61 Å². The van der Waals surface area contributed by atoms with Gasteiger partial charge in [0.2, 0.25) is 0 Å². The number of carbonyl (C=O) groups is 3. The molecule has 10 heteroatoms. The van der Waals surface area contributed by atoms with Gasteiger partial charge in [0.05, 0.1) is 6.61 Å². The van der Waals surface area contributed by atoms with Crippen LogP contribution in [0.4, 0.5) is 0 Å². The van der Waals surface area contributed by atoms with Crippen LogP contribution >= 0.6 is 35.2 Å². The Morgan fingerprint density at radius 1 is 0.889 bits per heavy atom. The van der Waals surface area contributed by atoms with Gasteiger partial charge in [-0.15, -0.1) is 12.6 Å². The Morgan fingerprint density at radius 2 is 1.47 bits per heavy atom. The molecule has 2 aromatic carbocycles. The molecule has 36 heavy (non-hydrogen) atoms. The summed E-state index contributed by atoms with van der Waals surface area (Å²) in [7, 11) is 0. The molecule has 0 bridgehead atoms. The van der Waals surface area contributed by atoms with Gasteiger partial charge in [-0.2, -0.15) is 0 Å². The highest BCUT2D eigenvalue weighted by Crippen LogP contribution is 2.39. The first kappa shape index (κ1) is 28.3. The summed E-state index contributed by atoms with van der Waals surface area (Å²) in [6.07, 6.45) is -3.40. The molecular weight excluding hydrogens is 599 g/mol. The first-order valence-corrected chi connectivity index (χ1v) is 13.0. The van der Waals surface area contributed by atoms with Gasteiger partial charge in [-0.05, 0) is 70.8 Å². The van der Waals surface area contributed by atoms with Gasteiger partial charge in [0, 0.05) is 24.3 Å². The second-order valence-electron chi connectivity index (χ2n) is 8.27. The first-order valence-electron chi connectivity index (χ1n) is 11.4. The van der Waals surface area contributed by atoms with E-state index < -0.39 is 47.8 Å². The molecule has 1 unspecified atom stereocenters. The maximum Gasteiger partial charge on any atom is 0.303 e. The first-order chi connectivity index (χ1) is 17.1. The number of ether oxygens (including phenoxy) is 5. The minimum Gasteiger partial charge on any atom is -0.494 e. The van der Waals surface area contributed by atoms with Gasteiger partial charge in [0.15, 0.2) is 18.3 Å². The summed E-state index contributed by atoms with van der Waals surface area (Å²) in [6, 6.07) is 13.7. The lowest BCUT2D eigenvalue weighted by molar-refractivity contribution is -0.233. The third-order valence-electron chi connectivity index (χ3n) is 5.45. The highest BCUT2D eigenvalue weighted by atomic mass is 127. The van der Waals surface area contributed by atoms with Gasteiger partial charge in [-0.25, -0.2) is 0 Å². The molecule has 3 rings (SSSR count). The summed E-state index contributed by atoms with van der Waals surface area (Å²) in [5.41, 5.74) is 1.91. The average molecular weight is 628 g/mol. The van der Waals surface area contributed by atoms with Crippen LogP contribution in [0.25, 0.3) is 0 Å². The zero-order valence-corrected chi connectivity index (χ0v) is 23.5. The molecule has 8 nitrogen and oxygen atoms in total. The van der Waals surface area contributed by atoms with E-state index in [1.165, 1.54) is 20.8 Å². The summed E-state index contributed by atoms with van der Waals surface area (Å²) in [5.74, 6) is -1.01. The van der Waals surface area contributed by atoms with Crippen molar-refractivity contribution in [1.29, 1.82) is 0 Å². The molecule has 0 amide bonds. The van der Waals surface area contributed by atoms with E-state index in [2.05, 4.69) is 35.2 Å². The number of rotatable bonds is 8. The van der Waals surface area contributed by atoms with Gasteiger partial charge in [0.25, 0.3) is 0 Å². The van der Waals surface area contributed by atoms with Crippen LogP contribution < -0.4 is 4.74 Å². The highest BCUT2D eigenvalue weighted by Gasteiger charge is 2.51. The minimum absolute atomic E-state index is 0.593. The normalized spacial score (nSPS) is 23.4. The number of hydrogen-bond acceptors (Lipinski definition) is 9. The predicted molar refractivity (Wildman–Crippen MR) is 143 cm³/mol. The summed E-state index contributed by atoms with van der Waals surface area (Å²) in [5, 5.41) is 0. The van der Waals surface area contributed by atoms with Crippen LogP contribution in [0.2, 0.25) is 0 Å². The van der Waals surface area contributed by atoms with E-state index in [0.29, 0.717) is 18.6 Å². The average Bonchev–Trinajstić information content (AvgIpc) is 2.80. The van der Waals surface area contributed by atoms with Gasteiger partial charge in [-0.3, -0.25) is 14.4 Å². The molecule has 0 saturated carbocycles. The molecule has 1 aliphatic rings. The van der Waals surface area contributed by atoms with Crippen molar-refractivity contribution in [2.45, 2.75) is 64.0 Å². The smallest absolute Gasteiger partial charge is 0.303 e. The summed E-state index contributed by atoms with van der Waals surface area (Å²) < 4.78 is 29.1. The third-order valence-corrected chi connectivity index (χ3v) is 6.91. The van der Waals surface area contributed by atoms with E-state index in [1.54, 1.807) is 0 Å². The third kappa shape index (κ3) is 7.36. The summed E-state index contributed by atoms with van der Waals surface area (Å²) >= 11 is 6.73. The Kier molecular flexibility index (Phi) is 10.0. The fourth-order valence-corrected chi connectivity index (χ4v) is 4.94. The van der Waals surface area contributed by atoms with Crippen LogP contribution in [0.3, 0.4) is 0 Å². The van der Waals surface area contributed by atoms with Crippen molar-refractivity contribution in [3.63, 3.8) is 0 Å². The quantitative estimate of drug-likeness (QED) is 0.199. The van der Waals surface area contributed by atoms with Crippen molar-refractivity contribution in [3.8, 4) is 5.75 Å². The molecule has 1 saturated heterocycles. The molecule has 0 aromatic heterocycles. The maximum atomic E-state index is 12.0. The largest absolute Gasteiger partial charge is 0.494 e. The second kappa shape index (κ2) is 12.8. The predicted octanol–water partition coefficient (Wildman–Crippen LogP) is 4.40. The van der Waals surface area contributed by atoms with Gasteiger partial charge in [-0.1, -0.05) is 24.3 Å². The van der Waals surface area contributed by atoms with E-state index in [-0.39, 0.29) is 0 Å². The van der Waals surface area contributed by atoms with E-state index >= 15 is 0 Å². The van der Waals surface area contributed by atoms with Gasteiger partial charge < -0.3 is 23.7 Å². The Labute approximate surface area is 229 Å². The van der Waals surface area contributed by atoms with Gasteiger partial charge >= 0.3 is 17.9 Å². The molecule has 0 aliphatic carbocycles. The van der Waals surface area contributed by atoms with Crippen LogP contribution in [0.5, 0.6) is 5.75 Å². The Balaban J connectivity index is 1.96. The van der Waals surface area contributed by atoms with E-state index in [1.807, 2.05) is 49.4 Å². The lowest BCUT2D eigenvalue weighted by Crippen LogP contribution is -2.57. The van der Waals surface area contributed by atoms with Crippen molar-refractivity contribution in [2.24, 2.45) is 0 Å². The molecule has 194 valence electrons.